The molecule has 0 aliphatic heterocycles. The van der Waals surface area contributed by atoms with E-state index >= 15 is 0 Å². The van der Waals surface area contributed by atoms with E-state index in [9.17, 15) is 4.79 Å². The number of nitrogens with zero attached hydrogens (tertiary/aromatic N) is 1. The van der Waals surface area contributed by atoms with Crippen molar-refractivity contribution < 1.29 is 19.0 Å². The summed E-state index contributed by atoms with van der Waals surface area (Å²) in [7, 11) is 4.70. The number of likely N-dealkylation sites (N-methyl/N-ethyl adjacent to an activating group) is 1. The fraction of sp³-hybridized carbons (Fsp3) is 0.278. The fourth-order valence-electron chi connectivity index (χ4n) is 2.05. The number of ether oxygens (including phenoxy) is 3. The first-order valence-corrected chi connectivity index (χ1v) is 8.49. The van der Waals surface area contributed by atoms with Crippen LogP contribution in [0, 0.1) is 0 Å². The quantitative estimate of drug-likeness (QED) is 0.675. The van der Waals surface area contributed by atoms with Gasteiger partial charge in [0.25, 0.3) is 0 Å². The van der Waals surface area contributed by atoms with E-state index in [-0.39, 0.29) is 6.03 Å². The van der Waals surface area contributed by atoms with Crippen molar-refractivity contribution in [1.82, 2.24) is 4.90 Å². The number of methoxy groups -OCH3 is 2. The number of nitrogens with one attached hydrogen (secondary N) is 1. The maximum absolute atomic E-state index is 12.2. The topological polar surface area (TPSA) is 60.0 Å². The number of urea groups is 1. The zero-order chi connectivity index (χ0) is 19.1. The number of benzene rings is 2. The number of carbonyl (C=O) groups excluding carboxylic acids is 1. The van der Waals surface area contributed by atoms with Gasteiger partial charge in [-0.3, -0.25) is 0 Å². The van der Waals surface area contributed by atoms with E-state index in [2.05, 4.69) is 5.32 Å². The van der Waals surface area contributed by atoms with Gasteiger partial charge in [-0.05, 0) is 36.4 Å². The van der Waals surface area contributed by atoms with E-state index in [1.807, 2.05) is 0 Å². The van der Waals surface area contributed by atoms with Gasteiger partial charge in [0.05, 0.1) is 16.6 Å². The number of hydrogen-bond donors (Lipinski definition) is 1. The molecule has 0 bridgehead atoms. The Hall–Kier alpha value is -1.99. The van der Waals surface area contributed by atoms with Gasteiger partial charge in [-0.15, -0.1) is 0 Å². The molecule has 0 heterocycles. The van der Waals surface area contributed by atoms with Crippen molar-refractivity contribution >= 4 is 34.9 Å². The maximum Gasteiger partial charge on any atom is 0.321 e. The molecule has 0 aliphatic carbocycles. The van der Waals surface area contributed by atoms with Crippen molar-refractivity contribution in [1.29, 1.82) is 0 Å². The van der Waals surface area contributed by atoms with Crippen molar-refractivity contribution in [2.75, 3.05) is 33.1 Å². The molecule has 0 spiro atoms. The zero-order valence-corrected chi connectivity index (χ0v) is 16.2. The summed E-state index contributed by atoms with van der Waals surface area (Å²) in [5.41, 5.74) is 0.634. The summed E-state index contributed by atoms with van der Waals surface area (Å²) < 4.78 is 15.9. The first kappa shape index (κ1) is 20.3. The van der Waals surface area contributed by atoms with Crippen LogP contribution in [-0.2, 0) is 9.47 Å². The molecule has 8 heteroatoms. The Labute approximate surface area is 162 Å². The molecule has 140 valence electrons. The summed E-state index contributed by atoms with van der Waals surface area (Å²) in [5.74, 6) is 1.18. The van der Waals surface area contributed by atoms with E-state index in [1.165, 1.54) is 19.1 Å². The molecule has 2 amide bonds. The molecule has 0 saturated carbocycles. The summed E-state index contributed by atoms with van der Waals surface area (Å²) in [6, 6.07) is 11.7. The lowest BCUT2D eigenvalue weighted by molar-refractivity contribution is -0.108. The summed E-state index contributed by atoms with van der Waals surface area (Å²) in [6.07, 6.45) is -0.479. The highest BCUT2D eigenvalue weighted by atomic mass is 35.5. The highest BCUT2D eigenvalue weighted by molar-refractivity contribution is 6.42. The first-order chi connectivity index (χ1) is 12.4. The minimum atomic E-state index is -0.479. The molecule has 0 atom stereocenters. The molecule has 1 N–H and O–H groups in total. The SMILES string of the molecule is COC(CN(C)C(=O)Nc1ccc(Oc2ccc(Cl)c(Cl)c2)cc1)OC. The highest BCUT2D eigenvalue weighted by Crippen LogP contribution is 2.29. The number of hydrogen-bond acceptors (Lipinski definition) is 4. The molecule has 0 fully saturated rings. The Balaban J connectivity index is 1.94. The lowest BCUT2D eigenvalue weighted by Crippen LogP contribution is -2.38. The largest absolute Gasteiger partial charge is 0.457 e. The van der Waals surface area contributed by atoms with Crippen molar-refractivity contribution in [3.63, 3.8) is 0 Å². The van der Waals surface area contributed by atoms with Crippen molar-refractivity contribution in [2.45, 2.75) is 6.29 Å². The monoisotopic (exact) mass is 398 g/mol. The van der Waals surface area contributed by atoms with E-state index in [1.54, 1.807) is 49.5 Å². The molecule has 0 aliphatic rings. The Bertz CT molecular complexity index is 736. The molecule has 0 saturated heterocycles. The normalized spacial score (nSPS) is 10.7. The Morgan fingerprint density at radius 3 is 2.23 bits per heavy atom. The minimum absolute atomic E-state index is 0.276. The van der Waals surface area contributed by atoms with E-state index in [0.29, 0.717) is 33.8 Å². The second kappa shape index (κ2) is 9.64. The summed E-state index contributed by atoms with van der Waals surface area (Å²) in [5, 5.41) is 3.67. The molecular weight excluding hydrogens is 379 g/mol. The predicted molar refractivity (Wildman–Crippen MR) is 102 cm³/mol. The molecule has 2 aromatic carbocycles. The van der Waals surface area contributed by atoms with E-state index in [4.69, 9.17) is 37.4 Å². The third kappa shape index (κ3) is 5.78. The zero-order valence-electron chi connectivity index (χ0n) is 14.7. The van der Waals surface area contributed by atoms with Crippen LogP contribution < -0.4 is 10.1 Å². The van der Waals surface area contributed by atoms with Gasteiger partial charge in [-0.2, -0.15) is 0 Å². The van der Waals surface area contributed by atoms with Crippen molar-refractivity contribution in [3.8, 4) is 11.5 Å². The Kier molecular flexibility index (Phi) is 7.53. The number of rotatable bonds is 7. The molecular formula is C18H20Cl2N2O4. The number of anilines is 1. The van der Waals surface area contributed by atoms with Gasteiger partial charge < -0.3 is 24.4 Å². The molecule has 2 aromatic rings. The molecule has 0 unspecified atom stereocenters. The van der Waals surface area contributed by atoms with Crippen LogP contribution in [0.2, 0.25) is 10.0 Å². The summed E-state index contributed by atoms with van der Waals surface area (Å²) in [4.78, 5) is 13.6. The second-order valence-electron chi connectivity index (χ2n) is 5.41. The molecule has 2 rings (SSSR count). The van der Waals surface area contributed by atoms with Crippen LogP contribution in [0.25, 0.3) is 0 Å². The van der Waals surface area contributed by atoms with Crippen molar-refractivity contribution in [3.05, 3.63) is 52.5 Å². The average molecular weight is 399 g/mol. The average Bonchev–Trinajstić information content (AvgIpc) is 2.64. The van der Waals surface area contributed by atoms with Gasteiger partial charge in [0.15, 0.2) is 6.29 Å². The summed E-state index contributed by atoms with van der Waals surface area (Å²) >= 11 is 11.8. The van der Waals surface area contributed by atoms with Crippen LogP contribution in [0.5, 0.6) is 11.5 Å². The van der Waals surface area contributed by atoms with Gasteiger partial charge in [0.1, 0.15) is 11.5 Å². The van der Waals surface area contributed by atoms with Gasteiger partial charge in [-0.25, -0.2) is 4.79 Å². The first-order valence-electron chi connectivity index (χ1n) is 7.73. The van der Waals surface area contributed by atoms with Gasteiger partial charge >= 0.3 is 6.03 Å². The second-order valence-corrected chi connectivity index (χ2v) is 6.23. The molecule has 6 nitrogen and oxygen atoms in total. The van der Waals surface area contributed by atoms with Crippen LogP contribution >= 0.6 is 23.2 Å². The lowest BCUT2D eigenvalue weighted by Gasteiger charge is -2.22. The van der Waals surface area contributed by atoms with Crippen LogP contribution in [0.4, 0.5) is 10.5 Å². The third-order valence-electron chi connectivity index (χ3n) is 3.53. The Morgan fingerprint density at radius 1 is 1.04 bits per heavy atom. The number of amides is 2. The molecule has 0 aromatic heterocycles. The lowest BCUT2D eigenvalue weighted by atomic mass is 10.3. The van der Waals surface area contributed by atoms with E-state index in [0.717, 1.165) is 0 Å². The van der Waals surface area contributed by atoms with Crippen molar-refractivity contribution in [2.24, 2.45) is 0 Å². The van der Waals surface area contributed by atoms with Crippen LogP contribution in [0.3, 0.4) is 0 Å². The molecule has 26 heavy (non-hydrogen) atoms. The van der Waals surface area contributed by atoms with Gasteiger partial charge in [0, 0.05) is 33.0 Å². The molecule has 0 radical (unpaired) electrons. The highest BCUT2D eigenvalue weighted by Gasteiger charge is 2.14. The number of carbonyl (C=O) groups is 1. The number of halogens is 2. The minimum Gasteiger partial charge on any atom is -0.457 e. The van der Waals surface area contributed by atoms with Gasteiger partial charge in [-0.1, -0.05) is 23.2 Å². The summed E-state index contributed by atoms with van der Waals surface area (Å²) in [6.45, 7) is 0.303. The van der Waals surface area contributed by atoms with Crippen LogP contribution in [-0.4, -0.2) is 45.0 Å². The standard InChI is InChI=1S/C18H20Cl2N2O4/c1-22(11-17(24-2)25-3)18(23)21-12-4-6-13(7-5-12)26-14-8-9-15(19)16(20)10-14/h4-10,17H,11H2,1-3H3,(H,21,23). The van der Waals surface area contributed by atoms with Crippen LogP contribution in [0.1, 0.15) is 0 Å². The van der Waals surface area contributed by atoms with Crippen LogP contribution in [0.15, 0.2) is 42.5 Å². The van der Waals surface area contributed by atoms with Gasteiger partial charge in [0.2, 0.25) is 0 Å². The predicted octanol–water partition coefficient (Wildman–Crippen LogP) is 4.87. The fourth-order valence-corrected chi connectivity index (χ4v) is 2.34. The maximum atomic E-state index is 12.2. The van der Waals surface area contributed by atoms with E-state index < -0.39 is 6.29 Å². The Morgan fingerprint density at radius 2 is 1.65 bits per heavy atom. The smallest absolute Gasteiger partial charge is 0.321 e. The third-order valence-corrected chi connectivity index (χ3v) is 4.27.